The number of anilines is 2. The van der Waals surface area contributed by atoms with E-state index in [9.17, 15) is 0 Å². The molecule has 1 atom stereocenters. The summed E-state index contributed by atoms with van der Waals surface area (Å²) in [4.78, 5) is 15.8. The van der Waals surface area contributed by atoms with Gasteiger partial charge in [0.05, 0.1) is 17.6 Å². The van der Waals surface area contributed by atoms with Gasteiger partial charge < -0.3 is 20.1 Å². The van der Waals surface area contributed by atoms with Crippen molar-refractivity contribution in [2.45, 2.75) is 25.4 Å². The lowest BCUT2D eigenvalue weighted by Gasteiger charge is -2.26. The number of fused-ring (bicyclic) bond motifs is 1. The van der Waals surface area contributed by atoms with E-state index < -0.39 is 0 Å². The van der Waals surface area contributed by atoms with Gasteiger partial charge in [-0.3, -0.25) is 0 Å². The Kier molecular flexibility index (Phi) is 4.71. The van der Waals surface area contributed by atoms with Gasteiger partial charge in [0.2, 0.25) is 0 Å². The molecule has 7 nitrogen and oxygen atoms in total. The fourth-order valence-electron chi connectivity index (χ4n) is 3.69. The molecule has 7 heteroatoms. The van der Waals surface area contributed by atoms with Gasteiger partial charge in [-0.15, -0.1) is 0 Å². The van der Waals surface area contributed by atoms with Crippen LogP contribution < -0.4 is 15.5 Å². The zero-order chi connectivity index (χ0) is 17.9. The summed E-state index contributed by atoms with van der Waals surface area (Å²) in [5.74, 6) is 2.92. The van der Waals surface area contributed by atoms with Gasteiger partial charge in [0.15, 0.2) is 0 Å². The number of nitrogens with one attached hydrogen (secondary N) is 2. The van der Waals surface area contributed by atoms with Crippen LogP contribution in [-0.2, 0) is 13.6 Å². The van der Waals surface area contributed by atoms with Crippen LogP contribution in [0.25, 0.3) is 11.0 Å². The summed E-state index contributed by atoms with van der Waals surface area (Å²) in [6, 6.07) is 10.7. The second-order valence-electron chi connectivity index (χ2n) is 6.71. The maximum atomic E-state index is 4.73. The third-order valence-electron chi connectivity index (χ3n) is 5.12. The molecular weight excluding hydrogens is 326 g/mol. The van der Waals surface area contributed by atoms with Crippen molar-refractivity contribution in [2.75, 3.05) is 30.4 Å². The number of benzene rings is 1. The highest BCUT2D eigenvalue weighted by Gasteiger charge is 2.25. The van der Waals surface area contributed by atoms with Gasteiger partial charge >= 0.3 is 0 Å². The minimum atomic E-state index is 0.448. The first-order valence-electron chi connectivity index (χ1n) is 9.14. The lowest BCUT2D eigenvalue weighted by Crippen LogP contribution is -2.38. The molecule has 0 saturated carbocycles. The average Bonchev–Trinajstić information content (AvgIpc) is 3.27. The molecule has 1 aliphatic heterocycles. The van der Waals surface area contributed by atoms with Crippen molar-refractivity contribution < 1.29 is 0 Å². The molecule has 1 aliphatic rings. The van der Waals surface area contributed by atoms with E-state index in [0.29, 0.717) is 6.04 Å². The largest absolute Gasteiger partial charge is 0.373 e. The zero-order valence-electron chi connectivity index (χ0n) is 15.3. The minimum Gasteiger partial charge on any atom is -0.373 e. The van der Waals surface area contributed by atoms with E-state index in [4.69, 9.17) is 4.98 Å². The molecule has 26 heavy (non-hydrogen) atoms. The molecule has 0 aliphatic carbocycles. The number of hydrogen-bond acceptors (Lipinski definition) is 6. The summed E-state index contributed by atoms with van der Waals surface area (Å²) in [7, 11) is 3.96. The summed E-state index contributed by atoms with van der Waals surface area (Å²) < 4.78 is 2.17. The number of aromatic nitrogens is 4. The Labute approximate surface area is 153 Å². The van der Waals surface area contributed by atoms with E-state index in [0.717, 1.165) is 42.6 Å². The smallest absolute Gasteiger partial charge is 0.134 e. The Morgan fingerprint density at radius 1 is 1.23 bits per heavy atom. The van der Waals surface area contributed by atoms with Crippen molar-refractivity contribution in [3.05, 3.63) is 42.5 Å². The maximum Gasteiger partial charge on any atom is 0.134 e. The van der Waals surface area contributed by atoms with Crippen molar-refractivity contribution in [1.82, 2.24) is 24.8 Å². The number of rotatable bonds is 6. The molecule has 0 unspecified atom stereocenters. The first-order chi connectivity index (χ1) is 12.8. The van der Waals surface area contributed by atoms with Crippen LogP contribution in [0.3, 0.4) is 0 Å². The fourth-order valence-corrected chi connectivity index (χ4v) is 3.69. The highest BCUT2D eigenvalue weighted by Crippen LogP contribution is 2.24. The molecule has 136 valence electrons. The van der Waals surface area contributed by atoms with Crippen molar-refractivity contribution in [1.29, 1.82) is 0 Å². The van der Waals surface area contributed by atoms with Crippen molar-refractivity contribution in [3.8, 4) is 0 Å². The topological polar surface area (TPSA) is 70.9 Å². The van der Waals surface area contributed by atoms with Crippen LogP contribution in [0.5, 0.6) is 0 Å². The SMILES string of the molecule is CNc1cc(N2CCC[C@H]2CNCc2nc3ccccc3n2C)ncn1. The molecule has 2 N–H and O–H groups in total. The predicted molar refractivity (Wildman–Crippen MR) is 104 cm³/mol. The van der Waals surface area contributed by atoms with Crippen LogP contribution in [0.15, 0.2) is 36.7 Å². The molecule has 0 spiro atoms. The van der Waals surface area contributed by atoms with Crippen LogP contribution in [0, 0.1) is 0 Å². The highest BCUT2D eigenvalue weighted by molar-refractivity contribution is 5.75. The standard InChI is InChI=1S/C19H25N7/c1-20-17-10-18(23-13-22-17)26-9-5-6-14(26)11-21-12-19-24-15-7-3-4-8-16(15)25(19)2/h3-4,7-8,10,13-14,21H,5-6,9,11-12H2,1-2H3,(H,20,22,23)/t14-/m0/s1. The highest BCUT2D eigenvalue weighted by atomic mass is 15.3. The monoisotopic (exact) mass is 351 g/mol. The number of para-hydroxylation sites is 2. The van der Waals surface area contributed by atoms with E-state index in [2.05, 4.69) is 55.3 Å². The Morgan fingerprint density at radius 2 is 2.12 bits per heavy atom. The second-order valence-corrected chi connectivity index (χ2v) is 6.71. The number of imidazole rings is 1. The van der Waals surface area contributed by atoms with Gasteiger partial charge in [-0.1, -0.05) is 12.1 Å². The van der Waals surface area contributed by atoms with Crippen molar-refractivity contribution in [2.24, 2.45) is 7.05 Å². The number of hydrogen-bond donors (Lipinski definition) is 2. The molecular formula is C19H25N7. The molecule has 3 heterocycles. The molecule has 0 bridgehead atoms. The van der Waals surface area contributed by atoms with Gasteiger partial charge in [-0.2, -0.15) is 0 Å². The zero-order valence-corrected chi connectivity index (χ0v) is 15.3. The third-order valence-corrected chi connectivity index (χ3v) is 5.12. The first kappa shape index (κ1) is 16.8. The van der Waals surface area contributed by atoms with Crippen molar-refractivity contribution in [3.63, 3.8) is 0 Å². The fraction of sp³-hybridized carbons (Fsp3) is 0.421. The number of aryl methyl sites for hydroxylation is 1. The van der Waals surface area contributed by atoms with Crippen LogP contribution in [0.1, 0.15) is 18.7 Å². The quantitative estimate of drug-likeness (QED) is 0.709. The van der Waals surface area contributed by atoms with E-state index in [1.165, 1.54) is 18.4 Å². The molecule has 0 radical (unpaired) electrons. The van der Waals surface area contributed by atoms with E-state index in [1.807, 2.05) is 19.2 Å². The summed E-state index contributed by atoms with van der Waals surface area (Å²) in [6.07, 6.45) is 4.00. The Morgan fingerprint density at radius 3 is 2.96 bits per heavy atom. The normalized spacial score (nSPS) is 17.2. The van der Waals surface area contributed by atoms with Crippen LogP contribution in [0.2, 0.25) is 0 Å². The lowest BCUT2D eigenvalue weighted by atomic mass is 10.2. The molecule has 2 aromatic heterocycles. The Hall–Kier alpha value is -2.67. The Balaban J connectivity index is 1.41. The van der Waals surface area contributed by atoms with Gasteiger partial charge in [-0.25, -0.2) is 15.0 Å². The van der Waals surface area contributed by atoms with E-state index in [1.54, 1.807) is 6.33 Å². The third kappa shape index (κ3) is 3.22. The molecule has 0 amide bonds. The van der Waals surface area contributed by atoms with Crippen molar-refractivity contribution >= 4 is 22.7 Å². The van der Waals surface area contributed by atoms with E-state index in [-0.39, 0.29) is 0 Å². The summed E-state index contributed by atoms with van der Waals surface area (Å²) >= 11 is 0. The maximum absolute atomic E-state index is 4.73. The molecule has 3 aromatic rings. The van der Waals surface area contributed by atoms with Gasteiger partial charge in [-0.05, 0) is 25.0 Å². The molecule has 1 saturated heterocycles. The van der Waals surface area contributed by atoms with Gasteiger partial charge in [0.25, 0.3) is 0 Å². The van der Waals surface area contributed by atoms with Gasteiger partial charge in [0.1, 0.15) is 23.8 Å². The van der Waals surface area contributed by atoms with Gasteiger partial charge in [0, 0.05) is 39.3 Å². The molecule has 4 rings (SSSR count). The van der Waals surface area contributed by atoms with Crippen LogP contribution >= 0.6 is 0 Å². The average molecular weight is 351 g/mol. The molecule has 1 aromatic carbocycles. The second kappa shape index (κ2) is 7.29. The Bertz CT molecular complexity index is 888. The lowest BCUT2D eigenvalue weighted by molar-refractivity contribution is 0.555. The summed E-state index contributed by atoms with van der Waals surface area (Å²) in [5, 5.41) is 6.67. The van der Waals surface area contributed by atoms with E-state index >= 15 is 0 Å². The minimum absolute atomic E-state index is 0.448. The predicted octanol–water partition coefficient (Wildman–Crippen LogP) is 2.16. The first-order valence-corrected chi connectivity index (χ1v) is 9.14. The summed E-state index contributed by atoms with van der Waals surface area (Å²) in [5.41, 5.74) is 2.22. The van der Waals surface area contributed by atoms with Crippen LogP contribution in [-0.4, -0.2) is 45.7 Å². The molecule has 1 fully saturated rings. The number of nitrogens with zero attached hydrogens (tertiary/aromatic N) is 5. The summed E-state index contributed by atoms with van der Waals surface area (Å²) in [6.45, 7) is 2.72. The van der Waals surface area contributed by atoms with Crippen LogP contribution in [0.4, 0.5) is 11.6 Å².